The lowest BCUT2D eigenvalue weighted by Crippen LogP contribution is -2.70. The molecule has 43 heavy (non-hydrogen) atoms. The van der Waals surface area contributed by atoms with Crippen molar-refractivity contribution >= 4 is 29.7 Å². The van der Waals surface area contributed by atoms with Gasteiger partial charge < -0.3 is 45.1 Å². The highest BCUT2D eigenvalue weighted by molar-refractivity contribution is 5.90. The Kier molecular flexibility index (Phi) is 8.86. The van der Waals surface area contributed by atoms with Gasteiger partial charge in [0.15, 0.2) is 23.4 Å². The quantitative estimate of drug-likeness (QED) is 0.167. The maximum atomic E-state index is 13.2. The van der Waals surface area contributed by atoms with Gasteiger partial charge in [-0.25, -0.2) is 4.79 Å². The third-order valence-corrected chi connectivity index (χ3v) is 8.69. The number of carbonyl (C=O) groups is 5. The lowest BCUT2D eigenvalue weighted by Gasteiger charge is -2.56. The van der Waals surface area contributed by atoms with Gasteiger partial charge in [0, 0.05) is 24.4 Å². The highest BCUT2D eigenvalue weighted by Crippen LogP contribution is 2.63. The van der Waals surface area contributed by atoms with Crippen molar-refractivity contribution in [3.8, 4) is 11.5 Å². The highest BCUT2D eigenvalue weighted by atomic mass is 16.6. The SMILES string of the molecule is CC[C@]12c3c4ccc(O)c3O[C@H]1C(OC(=O)C[C@H](CC(=O)[C@H](C)O)C(=O)O[C@H](CC(=O)O)C(=O)O)=CC[C@@]2(O)[C@H](NC)C4. The summed E-state index contributed by atoms with van der Waals surface area (Å²) in [4.78, 5) is 60.8. The van der Waals surface area contributed by atoms with Crippen molar-refractivity contribution in [2.75, 3.05) is 7.05 Å². The van der Waals surface area contributed by atoms with E-state index in [1.165, 1.54) is 12.1 Å². The normalized spacial score (nSPS) is 27.0. The maximum absolute atomic E-state index is 13.2. The molecule has 1 aromatic carbocycles. The van der Waals surface area contributed by atoms with E-state index in [2.05, 4.69) is 5.32 Å². The van der Waals surface area contributed by atoms with Gasteiger partial charge in [0.05, 0.1) is 29.8 Å². The first-order valence-corrected chi connectivity index (χ1v) is 13.9. The molecular weight excluding hydrogens is 570 g/mol. The summed E-state index contributed by atoms with van der Waals surface area (Å²) >= 11 is 0. The first kappa shape index (κ1) is 31.9. The summed E-state index contributed by atoms with van der Waals surface area (Å²) in [6.07, 6.45) is -4.86. The highest BCUT2D eigenvalue weighted by Gasteiger charge is 2.69. The van der Waals surface area contributed by atoms with Crippen molar-refractivity contribution in [2.45, 2.75) is 87.7 Å². The number of phenols is 1. The number of carboxylic acid groups (broad SMARTS) is 2. The van der Waals surface area contributed by atoms with Gasteiger partial charge in [0.1, 0.15) is 11.9 Å². The van der Waals surface area contributed by atoms with Crippen molar-refractivity contribution in [3.63, 3.8) is 0 Å². The number of ether oxygens (including phenoxy) is 3. The van der Waals surface area contributed by atoms with Crippen molar-refractivity contribution in [2.24, 2.45) is 5.92 Å². The van der Waals surface area contributed by atoms with Crippen LogP contribution < -0.4 is 10.1 Å². The van der Waals surface area contributed by atoms with Crippen molar-refractivity contribution in [3.05, 3.63) is 35.1 Å². The molecule has 0 amide bonds. The van der Waals surface area contributed by atoms with Crippen LogP contribution in [0.4, 0.5) is 0 Å². The summed E-state index contributed by atoms with van der Waals surface area (Å²) in [5.41, 5.74) is -1.05. The molecule has 1 heterocycles. The number of likely N-dealkylation sites (N-methyl/N-ethyl adjacent to an activating group) is 1. The number of nitrogens with one attached hydrogen (secondary N) is 1. The van der Waals surface area contributed by atoms with Gasteiger partial charge >= 0.3 is 23.9 Å². The van der Waals surface area contributed by atoms with Crippen LogP contribution in [0.1, 0.15) is 57.1 Å². The van der Waals surface area contributed by atoms with Crippen LogP contribution in [0, 0.1) is 5.92 Å². The van der Waals surface area contributed by atoms with Crippen LogP contribution in [0.15, 0.2) is 24.0 Å². The Morgan fingerprint density at radius 2 is 1.84 bits per heavy atom. The Bertz CT molecular complexity index is 1370. The molecule has 0 aromatic heterocycles. The fraction of sp³-hybridized carbons (Fsp3) is 0.552. The molecule has 0 bridgehead atoms. The minimum Gasteiger partial charge on any atom is -0.504 e. The molecule has 2 aliphatic carbocycles. The Morgan fingerprint density at radius 1 is 1.14 bits per heavy atom. The molecule has 4 rings (SSSR count). The zero-order valence-electron chi connectivity index (χ0n) is 23.9. The molecule has 14 nitrogen and oxygen atoms in total. The maximum Gasteiger partial charge on any atom is 0.345 e. The Morgan fingerprint density at radius 3 is 2.42 bits per heavy atom. The summed E-state index contributed by atoms with van der Waals surface area (Å²) in [6, 6.07) is 2.84. The summed E-state index contributed by atoms with van der Waals surface area (Å²) in [6.45, 7) is 2.99. The second-order valence-electron chi connectivity index (χ2n) is 11.1. The van der Waals surface area contributed by atoms with Crippen LogP contribution in [-0.2, 0) is 45.3 Å². The van der Waals surface area contributed by atoms with Gasteiger partial charge in [-0.15, -0.1) is 0 Å². The van der Waals surface area contributed by atoms with E-state index in [0.717, 1.165) is 12.5 Å². The molecule has 14 heteroatoms. The molecule has 0 radical (unpaired) electrons. The van der Waals surface area contributed by atoms with Crippen molar-refractivity contribution in [1.82, 2.24) is 5.32 Å². The van der Waals surface area contributed by atoms with Crippen LogP contribution >= 0.6 is 0 Å². The van der Waals surface area contributed by atoms with Crippen LogP contribution in [0.5, 0.6) is 11.5 Å². The zero-order valence-corrected chi connectivity index (χ0v) is 23.9. The number of ketones is 1. The van der Waals surface area contributed by atoms with Gasteiger partial charge in [-0.3, -0.25) is 19.2 Å². The van der Waals surface area contributed by atoms with E-state index in [9.17, 15) is 44.4 Å². The molecule has 6 N–H and O–H groups in total. The lowest BCUT2D eigenvalue weighted by atomic mass is 9.52. The second-order valence-corrected chi connectivity index (χ2v) is 11.1. The number of carboxylic acids is 2. The van der Waals surface area contributed by atoms with E-state index in [-0.39, 0.29) is 23.7 Å². The number of carbonyl (C=O) groups excluding carboxylic acids is 3. The summed E-state index contributed by atoms with van der Waals surface area (Å²) in [7, 11) is 1.72. The van der Waals surface area contributed by atoms with E-state index in [1.807, 2.05) is 6.92 Å². The third-order valence-electron chi connectivity index (χ3n) is 8.69. The van der Waals surface area contributed by atoms with Crippen LogP contribution in [0.2, 0.25) is 0 Å². The number of rotatable bonds is 13. The number of benzene rings is 1. The largest absolute Gasteiger partial charge is 0.504 e. The summed E-state index contributed by atoms with van der Waals surface area (Å²) in [5, 5.41) is 53.8. The van der Waals surface area contributed by atoms with E-state index >= 15 is 0 Å². The Balaban J connectivity index is 1.62. The van der Waals surface area contributed by atoms with E-state index < -0.39 is 90.2 Å². The number of aromatic hydroxyl groups is 1. The zero-order chi connectivity index (χ0) is 31.9. The third kappa shape index (κ3) is 5.45. The molecule has 0 unspecified atom stereocenters. The fourth-order valence-electron chi connectivity index (χ4n) is 6.58. The fourth-order valence-corrected chi connectivity index (χ4v) is 6.58. The number of phenolic OH excluding ortho intramolecular Hbond substituents is 1. The summed E-state index contributed by atoms with van der Waals surface area (Å²) < 4.78 is 16.7. The van der Waals surface area contributed by atoms with Crippen LogP contribution in [-0.4, -0.2) is 92.2 Å². The number of hydrogen-bond acceptors (Lipinski definition) is 12. The molecule has 0 saturated carbocycles. The molecule has 1 aliphatic heterocycles. The lowest BCUT2D eigenvalue weighted by molar-refractivity contribution is -0.172. The second kappa shape index (κ2) is 11.9. The number of aliphatic hydroxyl groups excluding tert-OH is 1. The van der Waals surface area contributed by atoms with Gasteiger partial charge in [-0.1, -0.05) is 13.0 Å². The minimum atomic E-state index is -2.08. The topological polar surface area (TPSA) is 226 Å². The van der Waals surface area contributed by atoms with E-state index in [0.29, 0.717) is 18.4 Å². The Hall–Kier alpha value is -4.01. The number of aliphatic hydroxyl groups is 2. The number of Topliss-reactive ketones (excluding diaryl/α,β-unsaturated/α-hetero) is 1. The van der Waals surface area contributed by atoms with Gasteiger partial charge in [0.25, 0.3) is 0 Å². The predicted octanol–water partition coefficient (Wildman–Crippen LogP) is 0.324. The summed E-state index contributed by atoms with van der Waals surface area (Å²) in [5.74, 6) is -8.07. The first-order chi connectivity index (χ1) is 20.2. The monoisotopic (exact) mass is 605 g/mol. The molecule has 1 aromatic rings. The average molecular weight is 606 g/mol. The Labute approximate surface area is 246 Å². The molecule has 0 spiro atoms. The molecule has 0 saturated heterocycles. The van der Waals surface area contributed by atoms with E-state index in [4.69, 9.17) is 19.3 Å². The van der Waals surface area contributed by atoms with E-state index in [1.54, 1.807) is 13.1 Å². The van der Waals surface area contributed by atoms with Gasteiger partial charge in [-0.05, 0) is 44.5 Å². The van der Waals surface area contributed by atoms with Crippen molar-refractivity contribution in [1.29, 1.82) is 0 Å². The van der Waals surface area contributed by atoms with Crippen LogP contribution in [0.3, 0.4) is 0 Å². The number of esters is 2. The van der Waals surface area contributed by atoms with Gasteiger partial charge in [0.2, 0.25) is 6.10 Å². The van der Waals surface area contributed by atoms with Crippen LogP contribution in [0.25, 0.3) is 0 Å². The standard InChI is InChI=1S/C29H35NO13/c1-4-28-23-14-5-6-16(32)24(23)43-25(28)18(7-8-29(28,40)20(10-14)30-3)41-22(36)11-15(9-17(33)13(2)31)27(39)42-19(26(37)38)12-21(34)35/h5-7,13,15,19-20,25,30-32,40H,4,8-12H2,1-3H3,(H,34,35)(H,37,38)/t13-,15-,19+,20+,25-,28-,29+/m0/s1. The molecule has 3 aliphatic rings. The smallest absolute Gasteiger partial charge is 0.345 e. The average Bonchev–Trinajstić information content (AvgIpc) is 3.31. The number of aliphatic carboxylic acids is 2. The predicted molar refractivity (Wildman–Crippen MR) is 144 cm³/mol. The molecule has 234 valence electrons. The first-order valence-electron chi connectivity index (χ1n) is 13.9. The molecule has 7 atom stereocenters. The number of hydrogen-bond donors (Lipinski definition) is 6. The van der Waals surface area contributed by atoms with Crippen molar-refractivity contribution < 1.29 is 63.7 Å². The molecule has 0 fully saturated rings. The van der Waals surface area contributed by atoms with Gasteiger partial charge in [-0.2, -0.15) is 0 Å². The molecular formula is C29H35NO13. The minimum absolute atomic E-state index is 0.0121.